The first kappa shape index (κ1) is 21.6. The molecule has 0 bridgehead atoms. The van der Waals surface area contributed by atoms with Gasteiger partial charge >= 0.3 is 0 Å². The van der Waals surface area contributed by atoms with Crippen molar-refractivity contribution in [3.63, 3.8) is 0 Å². The third kappa shape index (κ3) is 5.35. The van der Waals surface area contributed by atoms with Gasteiger partial charge in [0, 0.05) is 0 Å². The van der Waals surface area contributed by atoms with E-state index in [1.54, 1.807) is 36.5 Å². The molecule has 0 amide bonds. The van der Waals surface area contributed by atoms with E-state index in [4.69, 9.17) is 27.9 Å². The second kappa shape index (κ2) is 9.68. The van der Waals surface area contributed by atoms with Crippen molar-refractivity contribution in [3.8, 4) is 5.75 Å². The molecule has 6 nitrogen and oxygen atoms in total. The number of nitrogens with one attached hydrogen (secondary N) is 2. The highest BCUT2D eigenvalue weighted by atomic mass is 35.5. The Labute approximate surface area is 192 Å². The van der Waals surface area contributed by atoms with Crippen molar-refractivity contribution < 1.29 is 4.74 Å². The minimum Gasteiger partial charge on any atom is -0.487 e. The molecular weight excluding hydrogens is 449 g/mol. The number of pyridine rings is 1. The molecule has 0 fully saturated rings. The highest BCUT2D eigenvalue weighted by molar-refractivity contribution is 6.42. The Morgan fingerprint density at radius 1 is 0.844 bits per heavy atom. The van der Waals surface area contributed by atoms with Crippen LogP contribution in [0.2, 0.25) is 10.0 Å². The van der Waals surface area contributed by atoms with Crippen LogP contribution in [0.3, 0.4) is 0 Å². The first-order valence-electron chi connectivity index (χ1n) is 9.62. The molecule has 2 aromatic carbocycles. The number of benzene rings is 2. The van der Waals surface area contributed by atoms with Crippen molar-refractivity contribution >= 4 is 35.4 Å². The van der Waals surface area contributed by atoms with Gasteiger partial charge in [0.25, 0.3) is 11.1 Å². The van der Waals surface area contributed by atoms with Gasteiger partial charge in [-0.15, -0.1) is 0 Å². The average Bonchev–Trinajstić information content (AvgIpc) is 2.80. The molecule has 0 atom stereocenters. The zero-order valence-electron chi connectivity index (χ0n) is 16.6. The van der Waals surface area contributed by atoms with Crippen molar-refractivity contribution in [1.82, 2.24) is 15.0 Å². The molecule has 0 aliphatic carbocycles. The number of nitrogens with zero attached hydrogens (tertiary/aromatic N) is 1. The Bertz CT molecular complexity index is 1480. The van der Waals surface area contributed by atoms with Gasteiger partial charge in [0.05, 0.1) is 21.9 Å². The first-order valence-corrected chi connectivity index (χ1v) is 10.4. The lowest BCUT2D eigenvalue weighted by Gasteiger charge is -2.05. The van der Waals surface area contributed by atoms with Gasteiger partial charge in [-0.25, -0.2) is 0 Å². The van der Waals surface area contributed by atoms with Crippen molar-refractivity contribution in [1.29, 1.82) is 0 Å². The molecular formula is C24H17Cl2N3O3. The Kier molecular flexibility index (Phi) is 6.54. The van der Waals surface area contributed by atoms with Gasteiger partial charge in [-0.2, -0.15) is 0 Å². The van der Waals surface area contributed by atoms with Crippen LogP contribution in [0.1, 0.15) is 16.8 Å². The number of hydrogen-bond acceptors (Lipinski definition) is 4. The van der Waals surface area contributed by atoms with Gasteiger partial charge in [-0.3, -0.25) is 14.6 Å². The van der Waals surface area contributed by atoms with Crippen molar-refractivity contribution in [2.45, 2.75) is 6.61 Å². The summed E-state index contributed by atoms with van der Waals surface area (Å²) >= 11 is 11.9. The first-order chi connectivity index (χ1) is 15.5. The summed E-state index contributed by atoms with van der Waals surface area (Å²) in [6.07, 6.45) is 4.57. The predicted octanol–water partition coefficient (Wildman–Crippen LogP) is 3.00. The summed E-state index contributed by atoms with van der Waals surface area (Å²) in [5, 5.41) is 0.946. The van der Waals surface area contributed by atoms with Crippen molar-refractivity contribution in [2.75, 3.05) is 0 Å². The normalized spacial score (nSPS) is 12.2. The Balaban J connectivity index is 1.57. The lowest BCUT2D eigenvalue weighted by atomic mass is 10.2. The van der Waals surface area contributed by atoms with Crippen LogP contribution >= 0.6 is 23.2 Å². The number of halogens is 2. The van der Waals surface area contributed by atoms with E-state index in [9.17, 15) is 9.59 Å². The molecule has 0 unspecified atom stereocenters. The summed E-state index contributed by atoms with van der Waals surface area (Å²) in [5.74, 6) is 0.597. The molecule has 32 heavy (non-hydrogen) atoms. The fourth-order valence-electron chi connectivity index (χ4n) is 2.92. The molecule has 8 heteroatoms. The van der Waals surface area contributed by atoms with E-state index in [-0.39, 0.29) is 10.7 Å². The minimum absolute atomic E-state index is 0.0896. The number of rotatable bonds is 5. The second-order valence-electron chi connectivity index (χ2n) is 6.89. The fraction of sp³-hybridized carbons (Fsp3) is 0.0417. The third-order valence-electron chi connectivity index (χ3n) is 4.54. The third-order valence-corrected chi connectivity index (χ3v) is 5.28. The number of aromatic nitrogens is 3. The van der Waals surface area contributed by atoms with Crippen LogP contribution in [-0.2, 0) is 6.61 Å². The summed E-state index contributed by atoms with van der Waals surface area (Å²) < 4.78 is 5.70. The molecule has 2 heterocycles. The highest BCUT2D eigenvalue weighted by Gasteiger charge is 2.01. The van der Waals surface area contributed by atoms with E-state index in [0.717, 1.165) is 5.56 Å². The maximum Gasteiger partial charge on any atom is 0.272 e. The smallest absolute Gasteiger partial charge is 0.272 e. The maximum atomic E-state index is 12.5. The van der Waals surface area contributed by atoms with E-state index in [0.29, 0.717) is 33.7 Å². The van der Waals surface area contributed by atoms with Crippen LogP contribution in [0, 0.1) is 0 Å². The fourth-order valence-corrected chi connectivity index (χ4v) is 3.22. The van der Waals surface area contributed by atoms with Gasteiger partial charge in [-0.1, -0.05) is 59.6 Å². The Hall–Kier alpha value is -3.61. The van der Waals surface area contributed by atoms with E-state index in [1.165, 1.54) is 12.2 Å². The molecule has 0 spiro atoms. The lowest BCUT2D eigenvalue weighted by Crippen LogP contribution is -2.46. The van der Waals surface area contributed by atoms with Crippen LogP contribution in [0.15, 0.2) is 76.4 Å². The molecule has 0 saturated carbocycles. The van der Waals surface area contributed by atoms with E-state index < -0.39 is 11.1 Å². The number of aromatic amines is 2. The van der Waals surface area contributed by atoms with E-state index in [2.05, 4.69) is 15.0 Å². The highest BCUT2D eigenvalue weighted by Crippen LogP contribution is 2.22. The summed E-state index contributed by atoms with van der Waals surface area (Å²) in [6.45, 7) is 0.426. The van der Waals surface area contributed by atoms with E-state index >= 15 is 0 Å². The van der Waals surface area contributed by atoms with Crippen LogP contribution in [0.25, 0.3) is 12.2 Å². The molecule has 0 saturated heterocycles. The summed E-state index contributed by atoms with van der Waals surface area (Å²) in [7, 11) is 0. The number of hydrogen-bond donors (Lipinski definition) is 2. The Morgan fingerprint density at radius 3 is 2.22 bits per heavy atom. The predicted molar refractivity (Wildman–Crippen MR) is 126 cm³/mol. The average molecular weight is 466 g/mol. The minimum atomic E-state index is -0.456. The topological polar surface area (TPSA) is 87.8 Å². The molecule has 2 aromatic heterocycles. The van der Waals surface area contributed by atoms with Gasteiger partial charge in [0.2, 0.25) is 0 Å². The van der Waals surface area contributed by atoms with Crippen LogP contribution in [0.4, 0.5) is 0 Å². The van der Waals surface area contributed by atoms with Crippen molar-refractivity contribution in [3.05, 3.63) is 125 Å². The van der Waals surface area contributed by atoms with E-state index in [1.807, 2.05) is 30.3 Å². The molecule has 4 rings (SSSR count). The quantitative estimate of drug-likeness (QED) is 0.474. The van der Waals surface area contributed by atoms with Crippen LogP contribution in [0.5, 0.6) is 5.75 Å². The van der Waals surface area contributed by atoms with Gasteiger partial charge < -0.3 is 14.7 Å². The zero-order chi connectivity index (χ0) is 22.5. The molecule has 0 aliphatic heterocycles. The van der Waals surface area contributed by atoms with Gasteiger partial charge in [-0.05, 0) is 47.5 Å². The molecule has 4 aromatic rings. The van der Waals surface area contributed by atoms with Crippen LogP contribution < -0.4 is 26.6 Å². The summed E-state index contributed by atoms with van der Waals surface area (Å²) in [6, 6.07) is 18.1. The standard InChI is InChI=1S/C24H17Cl2N3O3/c25-19-9-6-16(10-20(19)26)11-21-23(30)29-22(24(31)28-21)12-17-7-8-18(13-27-17)32-14-15-4-2-1-3-5-15/h1-13H,14H2,(H,28,31)(H,29,30). The Morgan fingerprint density at radius 2 is 1.56 bits per heavy atom. The zero-order valence-corrected chi connectivity index (χ0v) is 18.2. The summed E-state index contributed by atoms with van der Waals surface area (Å²) in [5.41, 5.74) is 1.27. The monoisotopic (exact) mass is 465 g/mol. The number of H-pyrrole nitrogens is 2. The SMILES string of the molecule is O=c1[nH]c(=Cc2ccc(OCc3ccccc3)cn2)c(=O)[nH]c1=Cc1ccc(Cl)c(Cl)c1. The largest absolute Gasteiger partial charge is 0.487 e. The summed E-state index contributed by atoms with van der Waals surface area (Å²) in [4.78, 5) is 34.3. The maximum absolute atomic E-state index is 12.5. The van der Waals surface area contributed by atoms with Crippen LogP contribution in [-0.4, -0.2) is 15.0 Å². The van der Waals surface area contributed by atoms with Gasteiger partial charge in [0.1, 0.15) is 23.1 Å². The van der Waals surface area contributed by atoms with Crippen molar-refractivity contribution in [2.24, 2.45) is 0 Å². The lowest BCUT2D eigenvalue weighted by molar-refractivity contribution is 0.305. The number of ether oxygens (including phenoxy) is 1. The second-order valence-corrected chi connectivity index (χ2v) is 7.71. The molecule has 160 valence electrons. The molecule has 2 N–H and O–H groups in total. The van der Waals surface area contributed by atoms with Gasteiger partial charge in [0.15, 0.2) is 0 Å². The molecule has 0 aliphatic rings. The molecule has 0 radical (unpaired) electrons.